The number of aliphatic imine (C=N–C) groups is 1. The minimum absolute atomic E-state index is 0. The second kappa shape index (κ2) is 13.7. The Hall–Kier alpha value is -2.70. The Bertz CT molecular complexity index is 955. The number of halogens is 1. The molecular formula is C21H31IN8O2. The largest absolute Gasteiger partial charge is 0.497 e. The number of nitrogens with one attached hydrogen (secondary N) is 2. The van der Waals surface area contributed by atoms with Crippen LogP contribution >= 0.6 is 24.0 Å². The number of aryl methyl sites for hydroxylation is 2. The van der Waals surface area contributed by atoms with E-state index in [1.165, 1.54) is 6.33 Å². The van der Waals surface area contributed by atoms with E-state index in [0.717, 1.165) is 61.9 Å². The van der Waals surface area contributed by atoms with Crippen molar-refractivity contribution in [2.24, 2.45) is 12.0 Å². The topological polar surface area (TPSA) is 115 Å². The summed E-state index contributed by atoms with van der Waals surface area (Å²) in [5, 5.41) is 14.7. The maximum absolute atomic E-state index is 5.38. The van der Waals surface area contributed by atoms with Crippen LogP contribution in [0, 0.1) is 0 Å². The quantitative estimate of drug-likeness (QED) is 0.161. The molecule has 11 heteroatoms. The normalized spacial score (nSPS) is 11.2. The van der Waals surface area contributed by atoms with Crippen LogP contribution in [0.5, 0.6) is 5.75 Å². The van der Waals surface area contributed by atoms with Crippen molar-refractivity contribution in [1.29, 1.82) is 0 Å². The summed E-state index contributed by atoms with van der Waals surface area (Å²) in [6.45, 7) is 4.17. The van der Waals surface area contributed by atoms with E-state index in [-0.39, 0.29) is 24.0 Å². The summed E-state index contributed by atoms with van der Waals surface area (Å²) in [6, 6.07) is 7.62. The number of methoxy groups -OCH3 is 1. The molecule has 0 aliphatic heterocycles. The highest BCUT2D eigenvalue weighted by Crippen LogP contribution is 2.20. The lowest BCUT2D eigenvalue weighted by Gasteiger charge is -2.10. The molecule has 0 saturated carbocycles. The molecule has 3 aromatic rings. The van der Waals surface area contributed by atoms with Gasteiger partial charge in [-0.25, -0.2) is 9.98 Å². The fraction of sp³-hybridized carbons (Fsp3) is 0.476. The van der Waals surface area contributed by atoms with Crippen molar-refractivity contribution < 1.29 is 9.26 Å². The fourth-order valence-corrected chi connectivity index (χ4v) is 2.95. The second-order valence-corrected chi connectivity index (χ2v) is 6.97. The highest BCUT2D eigenvalue weighted by Gasteiger charge is 2.08. The summed E-state index contributed by atoms with van der Waals surface area (Å²) in [4.78, 5) is 13.2. The molecule has 2 heterocycles. The molecule has 32 heavy (non-hydrogen) atoms. The first-order valence-electron chi connectivity index (χ1n) is 10.5. The van der Waals surface area contributed by atoms with Crippen LogP contribution in [0.1, 0.15) is 37.9 Å². The van der Waals surface area contributed by atoms with E-state index >= 15 is 0 Å². The number of hydrogen-bond donors (Lipinski definition) is 2. The Morgan fingerprint density at radius 2 is 1.97 bits per heavy atom. The van der Waals surface area contributed by atoms with Crippen molar-refractivity contribution >= 4 is 29.9 Å². The zero-order chi connectivity index (χ0) is 21.9. The third kappa shape index (κ3) is 7.77. The van der Waals surface area contributed by atoms with E-state index < -0.39 is 0 Å². The molecule has 0 amide bonds. The maximum Gasteiger partial charge on any atom is 0.226 e. The van der Waals surface area contributed by atoms with E-state index in [9.17, 15) is 0 Å². The molecular weight excluding hydrogens is 523 g/mol. The van der Waals surface area contributed by atoms with Gasteiger partial charge in [-0.2, -0.15) is 10.1 Å². The summed E-state index contributed by atoms with van der Waals surface area (Å²) in [5.41, 5.74) is 0.913. The van der Waals surface area contributed by atoms with Crippen LogP contribution in [0.3, 0.4) is 0 Å². The first kappa shape index (κ1) is 25.6. The molecule has 0 spiro atoms. The number of hydrogen-bond acceptors (Lipinski definition) is 7. The van der Waals surface area contributed by atoms with Crippen LogP contribution in [-0.4, -0.2) is 51.1 Å². The number of unbranched alkanes of at least 4 members (excludes halogenated alkanes) is 2. The molecule has 0 bridgehead atoms. The minimum atomic E-state index is 0. The van der Waals surface area contributed by atoms with Gasteiger partial charge in [-0.1, -0.05) is 11.6 Å². The van der Waals surface area contributed by atoms with Crippen LogP contribution in [0.2, 0.25) is 0 Å². The van der Waals surface area contributed by atoms with Gasteiger partial charge in [-0.15, -0.1) is 24.0 Å². The van der Waals surface area contributed by atoms with Gasteiger partial charge in [0.1, 0.15) is 24.4 Å². The fourth-order valence-electron chi connectivity index (χ4n) is 2.95. The summed E-state index contributed by atoms with van der Waals surface area (Å²) in [6.07, 6.45) is 5.36. The zero-order valence-electron chi connectivity index (χ0n) is 18.7. The Kier molecular flexibility index (Phi) is 10.9. The van der Waals surface area contributed by atoms with Crippen LogP contribution < -0.4 is 15.4 Å². The number of rotatable bonds is 11. The first-order valence-corrected chi connectivity index (χ1v) is 10.5. The van der Waals surface area contributed by atoms with Crippen molar-refractivity contribution in [3.8, 4) is 17.1 Å². The Morgan fingerprint density at radius 3 is 2.66 bits per heavy atom. The predicted octanol–water partition coefficient (Wildman–Crippen LogP) is 2.96. The smallest absolute Gasteiger partial charge is 0.226 e. The summed E-state index contributed by atoms with van der Waals surface area (Å²) in [7, 11) is 3.51. The van der Waals surface area contributed by atoms with E-state index in [0.29, 0.717) is 18.3 Å². The molecule has 0 aliphatic rings. The third-order valence-corrected chi connectivity index (χ3v) is 4.70. The van der Waals surface area contributed by atoms with Gasteiger partial charge in [0, 0.05) is 32.1 Å². The first-order chi connectivity index (χ1) is 15.2. The summed E-state index contributed by atoms with van der Waals surface area (Å²) >= 11 is 0. The SMILES string of the molecule is CCNC(=NCc1ncnn1C)NCCCCCc1nc(-c2ccc(OC)cc2)no1.I. The lowest BCUT2D eigenvalue weighted by atomic mass is 10.2. The number of nitrogens with zero attached hydrogens (tertiary/aromatic N) is 6. The standard InChI is InChI=1S/C21H30N8O2.HI/c1-4-22-21(24-14-18-25-15-26-29(18)2)23-13-7-5-6-8-19-27-20(28-31-19)16-9-11-17(30-3)12-10-16;/h9-12,15H,4-8,13-14H2,1-3H3,(H2,22,23,24);1H. The molecule has 1 aromatic carbocycles. The zero-order valence-corrected chi connectivity index (χ0v) is 21.1. The van der Waals surface area contributed by atoms with Crippen LogP contribution in [-0.2, 0) is 20.0 Å². The minimum Gasteiger partial charge on any atom is -0.497 e. The van der Waals surface area contributed by atoms with Gasteiger partial charge in [-0.3, -0.25) is 4.68 Å². The van der Waals surface area contributed by atoms with Gasteiger partial charge in [0.2, 0.25) is 11.7 Å². The Labute approximate surface area is 205 Å². The molecule has 3 rings (SSSR count). The maximum atomic E-state index is 5.38. The van der Waals surface area contributed by atoms with E-state index in [1.54, 1.807) is 11.8 Å². The highest BCUT2D eigenvalue weighted by atomic mass is 127. The number of guanidine groups is 1. The third-order valence-electron chi connectivity index (χ3n) is 4.70. The van der Waals surface area contributed by atoms with Crippen LogP contribution in [0.15, 0.2) is 40.1 Å². The molecule has 2 N–H and O–H groups in total. The molecule has 2 aromatic heterocycles. The van der Waals surface area contributed by atoms with E-state index in [4.69, 9.17) is 9.26 Å². The van der Waals surface area contributed by atoms with Gasteiger partial charge in [0.15, 0.2) is 5.96 Å². The summed E-state index contributed by atoms with van der Waals surface area (Å²) < 4.78 is 12.3. The van der Waals surface area contributed by atoms with Crippen molar-refractivity contribution in [3.05, 3.63) is 42.3 Å². The van der Waals surface area contributed by atoms with Crippen molar-refractivity contribution in [2.45, 2.75) is 39.2 Å². The molecule has 0 atom stereocenters. The lowest BCUT2D eigenvalue weighted by molar-refractivity contribution is 0.374. The Balaban J connectivity index is 0.00000363. The molecule has 0 radical (unpaired) electrons. The lowest BCUT2D eigenvalue weighted by Crippen LogP contribution is -2.37. The average molecular weight is 554 g/mol. The van der Waals surface area contributed by atoms with Crippen LogP contribution in [0.25, 0.3) is 11.4 Å². The highest BCUT2D eigenvalue weighted by molar-refractivity contribution is 14.0. The van der Waals surface area contributed by atoms with Gasteiger partial charge < -0.3 is 19.9 Å². The van der Waals surface area contributed by atoms with E-state index in [1.807, 2.05) is 38.2 Å². The molecule has 0 unspecified atom stereocenters. The molecule has 10 nitrogen and oxygen atoms in total. The van der Waals surface area contributed by atoms with E-state index in [2.05, 4.69) is 35.8 Å². The van der Waals surface area contributed by atoms with Crippen LogP contribution in [0.4, 0.5) is 0 Å². The van der Waals surface area contributed by atoms with Crippen molar-refractivity contribution in [2.75, 3.05) is 20.2 Å². The van der Waals surface area contributed by atoms with Gasteiger partial charge >= 0.3 is 0 Å². The number of benzene rings is 1. The number of ether oxygens (including phenoxy) is 1. The van der Waals surface area contributed by atoms with Gasteiger partial charge in [0.25, 0.3) is 0 Å². The number of aromatic nitrogens is 5. The van der Waals surface area contributed by atoms with Gasteiger partial charge in [-0.05, 0) is 44.0 Å². The Morgan fingerprint density at radius 1 is 1.16 bits per heavy atom. The molecule has 0 fully saturated rings. The molecule has 0 aliphatic carbocycles. The average Bonchev–Trinajstić information content (AvgIpc) is 3.43. The molecule has 0 saturated heterocycles. The van der Waals surface area contributed by atoms with Gasteiger partial charge in [0.05, 0.1) is 7.11 Å². The molecule has 174 valence electrons. The van der Waals surface area contributed by atoms with Crippen molar-refractivity contribution in [1.82, 2.24) is 35.5 Å². The summed E-state index contributed by atoms with van der Waals surface area (Å²) in [5.74, 6) is 3.68. The van der Waals surface area contributed by atoms with Crippen molar-refractivity contribution in [3.63, 3.8) is 0 Å². The second-order valence-electron chi connectivity index (χ2n) is 6.97. The predicted molar refractivity (Wildman–Crippen MR) is 133 cm³/mol. The monoisotopic (exact) mass is 554 g/mol.